The Morgan fingerprint density at radius 1 is 1.50 bits per heavy atom. The maximum absolute atomic E-state index is 11.1. The summed E-state index contributed by atoms with van der Waals surface area (Å²) in [5.74, 6) is 0.384. The summed E-state index contributed by atoms with van der Waals surface area (Å²) in [4.78, 5) is 15.4. The third-order valence-corrected chi connectivity index (χ3v) is 3.21. The fraction of sp³-hybridized carbons (Fsp3) is 0.583. The molecule has 1 saturated carbocycles. The molecule has 1 fully saturated rings. The third kappa shape index (κ3) is 2.28. The average Bonchev–Trinajstić information content (AvgIpc) is 2.97. The molecule has 0 radical (unpaired) electrons. The highest BCUT2D eigenvalue weighted by Gasteiger charge is 2.34. The molecule has 0 atom stereocenters. The van der Waals surface area contributed by atoms with Crippen molar-refractivity contribution < 1.29 is 14.4 Å². The number of carbonyl (C=O) groups is 1. The lowest BCUT2D eigenvalue weighted by atomic mass is 10.2. The van der Waals surface area contributed by atoms with E-state index in [1.807, 2.05) is 13.8 Å². The number of hydrogen-bond donors (Lipinski definition) is 1. The van der Waals surface area contributed by atoms with Crippen molar-refractivity contribution in [2.45, 2.75) is 45.1 Å². The first-order chi connectivity index (χ1) is 9.56. The molecule has 3 rings (SSSR count). The summed E-state index contributed by atoms with van der Waals surface area (Å²) < 4.78 is 6.70. The smallest absolute Gasteiger partial charge is 0.358 e. The minimum absolute atomic E-state index is 0.0278. The van der Waals surface area contributed by atoms with Gasteiger partial charge in [0.05, 0.1) is 5.69 Å². The van der Waals surface area contributed by atoms with Crippen molar-refractivity contribution >= 4 is 5.97 Å². The molecular formula is C12H15N5O3. The number of rotatable bonds is 5. The molecule has 8 nitrogen and oxygen atoms in total. The fourth-order valence-electron chi connectivity index (χ4n) is 2.05. The molecule has 0 spiro atoms. The predicted octanol–water partition coefficient (Wildman–Crippen LogP) is 1.41. The van der Waals surface area contributed by atoms with Gasteiger partial charge in [0, 0.05) is 11.8 Å². The van der Waals surface area contributed by atoms with Crippen molar-refractivity contribution in [3.05, 3.63) is 23.1 Å². The van der Waals surface area contributed by atoms with E-state index in [-0.39, 0.29) is 24.1 Å². The molecule has 2 heterocycles. The summed E-state index contributed by atoms with van der Waals surface area (Å²) in [5.41, 5.74) is 0.688. The van der Waals surface area contributed by atoms with E-state index in [9.17, 15) is 4.79 Å². The topological polar surface area (TPSA) is 107 Å². The van der Waals surface area contributed by atoms with Crippen molar-refractivity contribution in [3.63, 3.8) is 0 Å². The van der Waals surface area contributed by atoms with Gasteiger partial charge in [-0.05, 0) is 12.8 Å². The molecule has 0 aromatic carbocycles. The largest absolute Gasteiger partial charge is 0.476 e. The lowest BCUT2D eigenvalue weighted by molar-refractivity contribution is 0.0689. The van der Waals surface area contributed by atoms with Crippen LogP contribution in [0.25, 0.3) is 0 Å². The molecule has 106 valence electrons. The Labute approximate surface area is 114 Å². The van der Waals surface area contributed by atoms with Gasteiger partial charge >= 0.3 is 5.97 Å². The highest BCUT2D eigenvalue weighted by Crippen LogP contribution is 2.41. The lowest BCUT2D eigenvalue weighted by Crippen LogP contribution is -2.09. The van der Waals surface area contributed by atoms with Gasteiger partial charge < -0.3 is 9.63 Å². The van der Waals surface area contributed by atoms with Crippen LogP contribution in [0.2, 0.25) is 0 Å². The van der Waals surface area contributed by atoms with Gasteiger partial charge in [0.2, 0.25) is 5.89 Å². The quantitative estimate of drug-likeness (QED) is 0.880. The molecule has 0 aliphatic heterocycles. The standard InChI is InChI=1S/C12H15N5O3/c1-6(2)11-13-8(15-20-11)5-17-10(7-3-4-7)9(12(18)19)14-16-17/h6-7H,3-5H2,1-2H3,(H,18,19). The van der Waals surface area contributed by atoms with Crippen molar-refractivity contribution in [1.29, 1.82) is 0 Å². The minimum Gasteiger partial charge on any atom is -0.476 e. The van der Waals surface area contributed by atoms with E-state index in [1.54, 1.807) is 4.68 Å². The van der Waals surface area contributed by atoms with Crippen molar-refractivity contribution in [2.24, 2.45) is 0 Å². The Hall–Kier alpha value is -2.25. The number of hydrogen-bond acceptors (Lipinski definition) is 6. The number of nitrogens with zero attached hydrogens (tertiary/aromatic N) is 5. The zero-order chi connectivity index (χ0) is 14.3. The van der Waals surface area contributed by atoms with E-state index in [2.05, 4.69) is 20.5 Å². The molecule has 2 aromatic heterocycles. The fourth-order valence-corrected chi connectivity index (χ4v) is 2.05. The van der Waals surface area contributed by atoms with Crippen LogP contribution in [0.5, 0.6) is 0 Å². The highest BCUT2D eigenvalue weighted by atomic mass is 16.5. The number of carboxylic acids is 1. The molecule has 0 amide bonds. The summed E-state index contributed by atoms with van der Waals surface area (Å²) in [6, 6.07) is 0. The Morgan fingerprint density at radius 3 is 2.80 bits per heavy atom. The van der Waals surface area contributed by atoms with Crippen LogP contribution in [-0.4, -0.2) is 36.2 Å². The highest BCUT2D eigenvalue weighted by molar-refractivity contribution is 5.86. The van der Waals surface area contributed by atoms with E-state index in [4.69, 9.17) is 9.63 Å². The van der Waals surface area contributed by atoms with E-state index in [0.29, 0.717) is 17.4 Å². The second kappa shape index (κ2) is 4.69. The van der Waals surface area contributed by atoms with Crippen LogP contribution in [0.1, 0.15) is 66.4 Å². The third-order valence-electron chi connectivity index (χ3n) is 3.21. The van der Waals surface area contributed by atoms with E-state index in [1.165, 1.54) is 0 Å². The van der Waals surface area contributed by atoms with Crippen LogP contribution in [0.15, 0.2) is 4.52 Å². The van der Waals surface area contributed by atoms with Gasteiger partial charge in [0.25, 0.3) is 0 Å². The van der Waals surface area contributed by atoms with Gasteiger partial charge in [-0.15, -0.1) is 5.10 Å². The second-order valence-electron chi connectivity index (χ2n) is 5.26. The Balaban J connectivity index is 1.88. The first kappa shape index (κ1) is 12.8. The summed E-state index contributed by atoms with van der Waals surface area (Å²) in [6.45, 7) is 4.21. The molecule has 1 aliphatic carbocycles. The zero-order valence-electron chi connectivity index (χ0n) is 11.3. The number of aromatic carboxylic acids is 1. The van der Waals surface area contributed by atoms with E-state index in [0.717, 1.165) is 12.8 Å². The summed E-state index contributed by atoms with van der Waals surface area (Å²) in [7, 11) is 0. The molecule has 0 bridgehead atoms. The van der Waals surface area contributed by atoms with Crippen LogP contribution >= 0.6 is 0 Å². The second-order valence-corrected chi connectivity index (χ2v) is 5.26. The van der Waals surface area contributed by atoms with Crippen LogP contribution in [0.4, 0.5) is 0 Å². The first-order valence-electron chi connectivity index (χ1n) is 6.55. The molecular weight excluding hydrogens is 262 g/mol. The van der Waals surface area contributed by atoms with Gasteiger partial charge in [-0.3, -0.25) is 0 Å². The molecule has 0 unspecified atom stereocenters. The summed E-state index contributed by atoms with van der Waals surface area (Å²) in [5, 5.41) is 20.7. The molecule has 2 aromatic rings. The van der Waals surface area contributed by atoms with Gasteiger partial charge in [0.1, 0.15) is 6.54 Å². The van der Waals surface area contributed by atoms with Crippen molar-refractivity contribution in [3.8, 4) is 0 Å². The predicted molar refractivity (Wildman–Crippen MR) is 66.4 cm³/mol. The number of carboxylic acid groups (broad SMARTS) is 1. The maximum atomic E-state index is 11.1. The Morgan fingerprint density at radius 2 is 2.25 bits per heavy atom. The lowest BCUT2D eigenvalue weighted by Gasteiger charge is -2.02. The first-order valence-corrected chi connectivity index (χ1v) is 6.55. The van der Waals surface area contributed by atoms with E-state index < -0.39 is 5.97 Å². The monoisotopic (exact) mass is 277 g/mol. The Bertz CT molecular complexity index is 641. The summed E-state index contributed by atoms with van der Waals surface area (Å²) >= 11 is 0. The van der Waals surface area contributed by atoms with Gasteiger partial charge in [-0.1, -0.05) is 24.2 Å². The minimum atomic E-state index is -1.05. The molecule has 0 saturated heterocycles. The molecule has 20 heavy (non-hydrogen) atoms. The van der Waals surface area contributed by atoms with Gasteiger partial charge in [0.15, 0.2) is 11.5 Å². The van der Waals surface area contributed by atoms with Crippen LogP contribution in [0, 0.1) is 0 Å². The van der Waals surface area contributed by atoms with Crippen LogP contribution in [-0.2, 0) is 6.54 Å². The van der Waals surface area contributed by atoms with Gasteiger partial charge in [-0.25, -0.2) is 9.48 Å². The Kier molecular flexibility index (Phi) is 3.00. The summed E-state index contributed by atoms with van der Waals surface area (Å²) in [6.07, 6.45) is 1.94. The van der Waals surface area contributed by atoms with Crippen LogP contribution in [0.3, 0.4) is 0 Å². The van der Waals surface area contributed by atoms with E-state index >= 15 is 0 Å². The molecule has 1 aliphatic rings. The molecule has 8 heteroatoms. The maximum Gasteiger partial charge on any atom is 0.358 e. The van der Waals surface area contributed by atoms with Gasteiger partial charge in [-0.2, -0.15) is 4.98 Å². The SMILES string of the molecule is CC(C)c1nc(Cn2nnc(C(=O)O)c2C2CC2)no1. The zero-order valence-corrected chi connectivity index (χ0v) is 11.3. The van der Waals surface area contributed by atoms with Crippen molar-refractivity contribution in [1.82, 2.24) is 25.1 Å². The molecule has 1 N–H and O–H groups in total. The van der Waals surface area contributed by atoms with Crippen molar-refractivity contribution in [2.75, 3.05) is 0 Å². The number of aromatic nitrogens is 5. The average molecular weight is 277 g/mol. The van der Waals surface area contributed by atoms with Crippen LogP contribution < -0.4 is 0 Å². The normalized spacial score (nSPS) is 14.9.